The average Bonchev–Trinajstić information content (AvgIpc) is 2.91. The number of aromatic nitrogens is 1. The van der Waals surface area contributed by atoms with Crippen molar-refractivity contribution < 1.29 is 4.74 Å². The van der Waals surface area contributed by atoms with E-state index < -0.39 is 0 Å². The zero-order valence-electron chi connectivity index (χ0n) is 13.3. The van der Waals surface area contributed by atoms with Crippen LogP contribution in [0.15, 0.2) is 24.4 Å². The fourth-order valence-corrected chi connectivity index (χ4v) is 1.87. The molecule has 1 N–H and O–H groups in total. The number of hydrogen-bond acceptors (Lipinski definition) is 1. The first kappa shape index (κ1) is 17.6. The van der Waals surface area contributed by atoms with E-state index in [1.807, 2.05) is 39.8 Å². The maximum absolute atomic E-state index is 5.19. The Kier molecular flexibility index (Phi) is 9.69. The molecular weight excluding hydrogens is 234 g/mol. The SMILES string of the molecule is CC.CC.CCCCc1c[nH]c2cc(OC)ccc12. The van der Waals surface area contributed by atoms with E-state index in [0.29, 0.717) is 0 Å². The molecule has 0 unspecified atom stereocenters. The lowest BCUT2D eigenvalue weighted by Crippen LogP contribution is -1.83. The van der Waals surface area contributed by atoms with Crippen LogP contribution in [0.4, 0.5) is 0 Å². The fraction of sp³-hybridized carbons (Fsp3) is 0.529. The molecule has 0 amide bonds. The number of rotatable bonds is 4. The minimum absolute atomic E-state index is 0.909. The molecule has 2 heteroatoms. The van der Waals surface area contributed by atoms with Gasteiger partial charge in [0.25, 0.3) is 0 Å². The Hall–Kier alpha value is -1.44. The van der Waals surface area contributed by atoms with E-state index in [9.17, 15) is 0 Å². The Labute approximate surface area is 118 Å². The highest BCUT2D eigenvalue weighted by atomic mass is 16.5. The van der Waals surface area contributed by atoms with E-state index in [2.05, 4.69) is 24.2 Å². The Morgan fingerprint density at radius 3 is 2.37 bits per heavy atom. The van der Waals surface area contributed by atoms with Crippen LogP contribution < -0.4 is 4.74 Å². The molecule has 108 valence electrons. The summed E-state index contributed by atoms with van der Waals surface area (Å²) in [6.45, 7) is 10.2. The maximum Gasteiger partial charge on any atom is 0.120 e. The van der Waals surface area contributed by atoms with Crippen LogP contribution >= 0.6 is 0 Å². The van der Waals surface area contributed by atoms with Gasteiger partial charge in [-0.2, -0.15) is 0 Å². The quantitative estimate of drug-likeness (QED) is 0.766. The number of hydrogen-bond donors (Lipinski definition) is 1. The second-order valence-corrected chi connectivity index (χ2v) is 3.83. The normalized spacial score (nSPS) is 9.16. The second kappa shape index (κ2) is 10.5. The molecule has 0 aliphatic rings. The summed E-state index contributed by atoms with van der Waals surface area (Å²) in [4.78, 5) is 3.29. The van der Waals surface area contributed by atoms with Gasteiger partial charge < -0.3 is 9.72 Å². The van der Waals surface area contributed by atoms with Gasteiger partial charge in [0.1, 0.15) is 5.75 Å². The minimum Gasteiger partial charge on any atom is -0.497 e. The zero-order chi connectivity index (χ0) is 14.7. The van der Waals surface area contributed by atoms with E-state index in [-0.39, 0.29) is 0 Å². The Morgan fingerprint density at radius 1 is 1.11 bits per heavy atom. The first-order valence-electron chi connectivity index (χ1n) is 7.49. The third kappa shape index (κ3) is 4.98. The highest BCUT2D eigenvalue weighted by Gasteiger charge is 2.03. The molecule has 0 radical (unpaired) electrons. The second-order valence-electron chi connectivity index (χ2n) is 3.83. The lowest BCUT2D eigenvalue weighted by atomic mass is 10.1. The van der Waals surface area contributed by atoms with Crippen LogP contribution in [0, 0.1) is 0 Å². The van der Waals surface area contributed by atoms with Gasteiger partial charge in [-0.15, -0.1) is 0 Å². The van der Waals surface area contributed by atoms with Gasteiger partial charge >= 0.3 is 0 Å². The molecule has 0 aliphatic carbocycles. The molecule has 0 spiro atoms. The molecule has 0 fully saturated rings. The van der Waals surface area contributed by atoms with Crippen molar-refractivity contribution in [3.63, 3.8) is 0 Å². The Morgan fingerprint density at radius 2 is 1.79 bits per heavy atom. The van der Waals surface area contributed by atoms with Crippen molar-refractivity contribution in [3.8, 4) is 5.75 Å². The number of methoxy groups -OCH3 is 1. The molecule has 0 aliphatic heterocycles. The molecule has 2 aromatic rings. The Balaban J connectivity index is 0.000000741. The van der Waals surface area contributed by atoms with Crippen LogP contribution in [-0.2, 0) is 6.42 Å². The van der Waals surface area contributed by atoms with Gasteiger partial charge in [-0.1, -0.05) is 41.0 Å². The standard InChI is InChI=1S/C13H17NO.2C2H6/c1-3-4-5-10-9-14-13-8-11(15-2)6-7-12(10)13;2*1-2/h6-9,14H,3-5H2,1-2H3;2*1-2H3. The van der Waals surface area contributed by atoms with Crippen molar-refractivity contribution in [1.82, 2.24) is 4.98 Å². The van der Waals surface area contributed by atoms with Crippen LogP contribution in [-0.4, -0.2) is 12.1 Å². The van der Waals surface area contributed by atoms with Gasteiger partial charge in [0.15, 0.2) is 0 Å². The van der Waals surface area contributed by atoms with Crippen molar-refractivity contribution in [2.24, 2.45) is 0 Å². The van der Waals surface area contributed by atoms with Gasteiger partial charge in [0.05, 0.1) is 7.11 Å². The summed E-state index contributed by atoms with van der Waals surface area (Å²) in [5.74, 6) is 0.909. The summed E-state index contributed by atoms with van der Waals surface area (Å²) < 4.78 is 5.19. The van der Waals surface area contributed by atoms with Crippen LogP contribution in [0.1, 0.15) is 53.0 Å². The third-order valence-corrected chi connectivity index (χ3v) is 2.77. The molecule has 1 heterocycles. The van der Waals surface area contributed by atoms with Crippen molar-refractivity contribution in [1.29, 1.82) is 0 Å². The van der Waals surface area contributed by atoms with Gasteiger partial charge in [-0.25, -0.2) is 0 Å². The lowest BCUT2D eigenvalue weighted by molar-refractivity contribution is 0.415. The number of H-pyrrole nitrogens is 1. The Bertz CT molecular complexity index is 445. The molecule has 0 saturated carbocycles. The first-order chi connectivity index (χ1) is 9.35. The number of benzene rings is 1. The first-order valence-corrected chi connectivity index (χ1v) is 7.49. The minimum atomic E-state index is 0.909. The van der Waals surface area contributed by atoms with Crippen LogP contribution in [0.3, 0.4) is 0 Å². The molecule has 0 bridgehead atoms. The van der Waals surface area contributed by atoms with E-state index in [1.165, 1.54) is 29.3 Å². The van der Waals surface area contributed by atoms with E-state index in [4.69, 9.17) is 4.74 Å². The molecule has 2 nitrogen and oxygen atoms in total. The van der Waals surface area contributed by atoms with Crippen molar-refractivity contribution in [2.45, 2.75) is 53.9 Å². The van der Waals surface area contributed by atoms with E-state index in [0.717, 1.165) is 12.2 Å². The van der Waals surface area contributed by atoms with Gasteiger partial charge in [0.2, 0.25) is 0 Å². The van der Waals surface area contributed by atoms with Gasteiger partial charge in [-0.05, 0) is 30.5 Å². The summed E-state index contributed by atoms with van der Waals surface area (Å²) in [6.07, 6.45) is 5.75. The van der Waals surface area contributed by atoms with E-state index >= 15 is 0 Å². The smallest absolute Gasteiger partial charge is 0.120 e. The summed E-state index contributed by atoms with van der Waals surface area (Å²) in [7, 11) is 1.70. The lowest BCUT2D eigenvalue weighted by Gasteiger charge is -2.00. The molecule has 1 aromatic carbocycles. The third-order valence-electron chi connectivity index (χ3n) is 2.77. The summed E-state index contributed by atoms with van der Waals surface area (Å²) in [5, 5.41) is 1.32. The fourth-order valence-electron chi connectivity index (χ4n) is 1.87. The summed E-state index contributed by atoms with van der Waals surface area (Å²) >= 11 is 0. The van der Waals surface area contributed by atoms with Crippen molar-refractivity contribution >= 4 is 10.9 Å². The predicted molar refractivity (Wildman–Crippen MR) is 86.2 cm³/mol. The van der Waals surface area contributed by atoms with Gasteiger partial charge in [0, 0.05) is 23.2 Å². The van der Waals surface area contributed by atoms with Crippen LogP contribution in [0.2, 0.25) is 0 Å². The number of nitrogens with one attached hydrogen (secondary N) is 1. The number of ether oxygens (including phenoxy) is 1. The van der Waals surface area contributed by atoms with Crippen molar-refractivity contribution in [2.75, 3.05) is 7.11 Å². The number of unbranched alkanes of at least 4 members (excludes halogenated alkanes) is 1. The molecule has 2 rings (SSSR count). The number of aromatic amines is 1. The highest BCUT2D eigenvalue weighted by Crippen LogP contribution is 2.24. The topological polar surface area (TPSA) is 25.0 Å². The summed E-state index contributed by atoms with van der Waals surface area (Å²) in [5.41, 5.74) is 2.58. The maximum atomic E-state index is 5.19. The molecular formula is C17H29NO. The molecule has 1 aromatic heterocycles. The predicted octanol–water partition coefficient (Wildman–Crippen LogP) is 5.57. The van der Waals surface area contributed by atoms with Crippen LogP contribution in [0.25, 0.3) is 10.9 Å². The molecule has 0 saturated heterocycles. The average molecular weight is 263 g/mol. The van der Waals surface area contributed by atoms with Gasteiger partial charge in [-0.3, -0.25) is 0 Å². The number of fused-ring (bicyclic) bond motifs is 1. The number of aryl methyl sites for hydroxylation is 1. The van der Waals surface area contributed by atoms with Crippen molar-refractivity contribution in [3.05, 3.63) is 30.0 Å². The largest absolute Gasteiger partial charge is 0.497 e. The zero-order valence-corrected chi connectivity index (χ0v) is 13.3. The highest BCUT2D eigenvalue weighted by molar-refractivity contribution is 5.84. The summed E-state index contributed by atoms with van der Waals surface area (Å²) in [6, 6.07) is 6.20. The molecule has 0 atom stereocenters. The monoisotopic (exact) mass is 263 g/mol. The molecule has 19 heavy (non-hydrogen) atoms. The van der Waals surface area contributed by atoms with E-state index in [1.54, 1.807) is 7.11 Å². The van der Waals surface area contributed by atoms with Crippen LogP contribution in [0.5, 0.6) is 5.75 Å².